The maximum absolute atomic E-state index is 13.8. The Morgan fingerprint density at radius 3 is 2.21 bits per heavy atom. The number of aromatic amines is 2. The molecule has 4 aromatic rings. The number of carbonyl (C=O) groups excluding carboxylic acids is 4. The fourth-order valence-corrected chi connectivity index (χ4v) is 7.74. The minimum atomic E-state index is -0.903. The highest BCUT2D eigenvalue weighted by molar-refractivity contribution is 5.89. The number of fused-ring (bicyclic) bond motifs is 1. The highest BCUT2D eigenvalue weighted by Crippen LogP contribution is 2.34. The molecule has 0 spiro atoms. The van der Waals surface area contributed by atoms with Crippen LogP contribution in [0.5, 0.6) is 0 Å². The lowest BCUT2D eigenvalue weighted by atomic mass is 9.98. The van der Waals surface area contributed by atoms with Gasteiger partial charge in [-0.05, 0) is 86.8 Å². The molecular weight excluding hydrogens is 741 g/mol. The van der Waals surface area contributed by atoms with Crippen molar-refractivity contribution in [1.82, 2.24) is 40.4 Å². The van der Waals surface area contributed by atoms with Gasteiger partial charge >= 0.3 is 12.2 Å². The zero-order chi connectivity index (χ0) is 41.5. The number of likely N-dealkylation sites (tertiary alicyclic amines) is 2. The Balaban J connectivity index is 1.15. The van der Waals surface area contributed by atoms with Crippen LogP contribution in [0.25, 0.3) is 22.0 Å². The van der Waals surface area contributed by atoms with E-state index in [4.69, 9.17) is 19.2 Å². The van der Waals surface area contributed by atoms with Crippen molar-refractivity contribution in [2.24, 2.45) is 5.92 Å². The first kappa shape index (κ1) is 41.7. The summed E-state index contributed by atoms with van der Waals surface area (Å²) in [6.45, 7) is 8.91. The lowest BCUT2D eigenvalue weighted by molar-refractivity contribution is -0.137. The monoisotopic (exact) mass is 794 g/mol. The third kappa shape index (κ3) is 9.29. The second-order valence-corrected chi connectivity index (χ2v) is 15.2. The van der Waals surface area contributed by atoms with E-state index in [1.807, 2.05) is 42.2 Å². The highest BCUT2D eigenvalue weighted by Gasteiger charge is 2.39. The number of H-pyrrole nitrogens is 2. The van der Waals surface area contributed by atoms with E-state index in [1.54, 1.807) is 18.0 Å². The molecule has 2 aromatic carbocycles. The van der Waals surface area contributed by atoms with E-state index >= 15 is 0 Å². The van der Waals surface area contributed by atoms with Crippen LogP contribution in [-0.2, 0) is 23.8 Å². The molecule has 2 aromatic heterocycles. The number of amides is 4. The van der Waals surface area contributed by atoms with Crippen LogP contribution < -0.4 is 10.6 Å². The topological polar surface area (TPSA) is 184 Å². The zero-order valence-corrected chi connectivity index (χ0v) is 34.3. The number of ether oxygens (including phenoxy) is 3. The molecule has 2 fully saturated rings. The van der Waals surface area contributed by atoms with Gasteiger partial charge in [0.15, 0.2) is 0 Å². The third-order valence-corrected chi connectivity index (χ3v) is 11.4. The van der Waals surface area contributed by atoms with Crippen molar-refractivity contribution >= 4 is 34.8 Å². The fourth-order valence-electron chi connectivity index (χ4n) is 7.74. The Morgan fingerprint density at radius 2 is 1.52 bits per heavy atom. The molecule has 58 heavy (non-hydrogen) atoms. The first-order valence-corrected chi connectivity index (χ1v) is 19.9. The second-order valence-electron chi connectivity index (χ2n) is 15.2. The Bertz CT molecular complexity index is 2190. The van der Waals surface area contributed by atoms with Crippen LogP contribution in [0.4, 0.5) is 9.59 Å². The Labute approximate surface area is 339 Å². The zero-order valence-electron chi connectivity index (χ0n) is 34.3. The number of alkyl carbamates (subject to hydrolysis) is 2. The lowest BCUT2D eigenvalue weighted by Gasteiger charge is -2.30. The molecule has 2 saturated heterocycles. The first-order valence-electron chi connectivity index (χ1n) is 19.9. The van der Waals surface area contributed by atoms with Crippen molar-refractivity contribution in [3.05, 3.63) is 71.2 Å². The van der Waals surface area contributed by atoms with E-state index in [1.165, 1.54) is 21.3 Å². The van der Waals surface area contributed by atoms with Crippen molar-refractivity contribution in [3.8, 4) is 23.1 Å². The number of methoxy groups -OCH3 is 3. The summed E-state index contributed by atoms with van der Waals surface area (Å²) in [6, 6.07) is 10.1. The van der Waals surface area contributed by atoms with E-state index in [0.29, 0.717) is 36.9 Å². The number of nitrogens with zero attached hydrogens (tertiary/aromatic N) is 4. The Morgan fingerprint density at radius 1 is 0.862 bits per heavy atom. The Kier molecular flexibility index (Phi) is 13.4. The van der Waals surface area contributed by atoms with Gasteiger partial charge in [-0.1, -0.05) is 44.4 Å². The predicted octanol–water partition coefficient (Wildman–Crippen LogP) is 5.91. The number of carbonyl (C=O) groups is 4. The van der Waals surface area contributed by atoms with Crippen LogP contribution in [-0.4, -0.2) is 106 Å². The Hall–Kier alpha value is -5.88. The molecule has 0 saturated carbocycles. The number of hydrogen-bond donors (Lipinski definition) is 4. The first-order chi connectivity index (χ1) is 27.9. The van der Waals surface area contributed by atoms with Gasteiger partial charge in [0.1, 0.15) is 29.4 Å². The number of imidazole rings is 2. The van der Waals surface area contributed by atoms with Crippen molar-refractivity contribution in [1.29, 1.82) is 0 Å². The minimum Gasteiger partial charge on any atom is -0.453 e. The molecule has 2 aliphatic rings. The van der Waals surface area contributed by atoms with E-state index in [0.717, 1.165) is 65.4 Å². The van der Waals surface area contributed by atoms with E-state index < -0.39 is 30.4 Å². The van der Waals surface area contributed by atoms with E-state index in [2.05, 4.69) is 57.3 Å². The third-order valence-electron chi connectivity index (χ3n) is 11.4. The van der Waals surface area contributed by atoms with Gasteiger partial charge in [-0.2, -0.15) is 0 Å². The van der Waals surface area contributed by atoms with Crippen LogP contribution in [0.15, 0.2) is 42.6 Å². The van der Waals surface area contributed by atoms with Crippen molar-refractivity contribution in [2.75, 3.05) is 34.4 Å². The average Bonchev–Trinajstić information content (AvgIpc) is 4.07. The van der Waals surface area contributed by atoms with Gasteiger partial charge in [0, 0.05) is 37.0 Å². The van der Waals surface area contributed by atoms with Gasteiger partial charge in [-0.25, -0.2) is 19.6 Å². The van der Waals surface area contributed by atoms with Crippen LogP contribution in [0, 0.1) is 24.7 Å². The predicted molar refractivity (Wildman–Crippen MR) is 217 cm³/mol. The lowest BCUT2D eigenvalue weighted by Crippen LogP contribution is -2.54. The number of benzene rings is 2. The normalized spacial score (nSPS) is 18.5. The van der Waals surface area contributed by atoms with Crippen molar-refractivity contribution in [2.45, 2.75) is 96.5 Å². The minimum absolute atomic E-state index is 0.132. The SMILES string of the molecule is CC[C@H](C)C[C@H](NC(=O)OC)C(=O)N1CCCC1c1nc(C#Cc2ccc3cc(-c4cnc(C5CCCN5C(=O)C(NC(=O)OC)[C@H](C)OC)[nH]4)ccc3c2)c(C)[nH]1. The molecule has 15 nitrogen and oxygen atoms in total. The summed E-state index contributed by atoms with van der Waals surface area (Å²) in [7, 11) is 4.05. The molecule has 2 aliphatic heterocycles. The average molecular weight is 795 g/mol. The van der Waals surface area contributed by atoms with Gasteiger partial charge in [0.2, 0.25) is 11.8 Å². The molecule has 0 bridgehead atoms. The fraction of sp³-hybridized carbons (Fsp3) is 0.488. The summed E-state index contributed by atoms with van der Waals surface area (Å²) in [5, 5.41) is 7.42. The van der Waals surface area contributed by atoms with Gasteiger partial charge in [-0.3, -0.25) is 9.59 Å². The van der Waals surface area contributed by atoms with Crippen molar-refractivity contribution < 1.29 is 33.4 Å². The van der Waals surface area contributed by atoms with Gasteiger partial charge in [-0.15, -0.1) is 0 Å². The molecule has 6 rings (SSSR count). The summed E-state index contributed by atoms with van der Waals surface area (Å²) in [5.41, 5.74) is 4.05. The smallest absolute Gasteiger partial charge is 0.407 e. The standard InChI is InChI=1S/C43H54N8O7/c1-8-25(2)21-33(48-42(54)57-6)40(52)50-19-10-12-36(50)39-45-26(3)32(46-39)18-14-28-13-15-30-23-31(17-16-29(30)22-28)34-24-44-38(47-34)35-11-9-20-51(35)41(53)37(27(4)56-5)49-43(55)58-7/h13,15-17,22-25,27,33,35-37H,8-12,19-21H2,1-7H3,(H,44,47)(H,45,46)(H,48,54)(H,49,55)/t25-,27-,33-,35?,36?,37?/m0/s1. The second kappa shape index (κ2) is 18.6. The molecule has 4 heterocycles. The number of rotatable bonds is 12. The van der Waals surface area contributed by atoms with E-state index in [9.17, 15) is 19.2 Å². The van der Waals surface area contributed by atoms with Crippen LogP contribution >= 0.6 is 0 Å². The molecule has 308 valence electrons. The number of nitrogens with one attached hydrogen (secondary N) is 4. The van der Waals surface area contributed by atoms with Gasteiger partial charge in [0.25, 0.3) is 0 Å². The summed E-state index contributed by atoms with van der Waals surface area (Å²) in [6.07, 6.45) is 4.45. The quantitative estimate of drug-likeness (QED) is 0.127. The highest BCUT2D eigenvalue weighted by atomic mass is 16.5. The van der Waals surface area contributed by atoms with Crippen LogP contribution in [0.2, 0.25) is 0 Å². The maximum atomic E-state index is 13.8. The molecule has 3 unspecified atom stereocenters. The van der Waals surface area contributed by atoms with Crippen molar-refractivity contribution in [3.63, 3.8) is 0 Å². The summed E-state index contributed by atoms with van der Waals surface area (Å²) < 4.78 is 15.0. The molecule has 0 aliphatic carbocycles. The van der Waals surface area contributed by atoms with Gasteiger partial charge < -0.3 is 44.6 Å². The largest absolute Gasteiger partial charge is 0.453 e. The molecule has 0 radical (unpaired) electrons. The van der Waals surface area contributed by atoms with Crippen LogP contribution in [0.3, 0.4) is 0 Å². The molecule has 4 N–H and O–H groups in total. The molecule has 6 atom stereocenters. The summed E-state index contributed by atoms with van der Waals surface area (Å²) in [4.78, 5) is 71.5. The number of hydrogen-bond acceptors (Lipinski definition) is 9. The molecule has 4 amide bonds. The maximum Gasteiger partial charge on any atom is 0.407 e. The summed E-state index contributed by atoms with van der Waals surface area (Å²) >= 11 is 0. The number of aryl methyl sites for hydroxylation is 1. The van der Waals surface area contributed by atoms with E-state index in [-0.39, 0.29) is 29.8 Å². The molecule has 15 heteroatoms. The summed E-state index contributed by atoms with van der Waals surface area (Å²) in [5.74, 6) is 7.74. The molecular formula is C43H54N8O7. The number of aromatic nitrogens is 4. The van der Waals surface area contributed by atoms with Crippen LogP contribution in [0.1, 0.15) is 100.0 Å². The van der Waals surface area contributed by atoms with Gasteiger partial charge in [0.05, 0.1) is 44.3 Å².